The summed E-state index contributed by atoms with van der Waals surface area (Å²) < 4.78 is 5.73. The number of nitrogens with zero attached hydrogens (tertiary/aromatic N) is 3. The second kappa shape index (κ2) is 9.27. The van der Waals surface area contributed by atoms with E-state index in [9.17, 15) is 14.9 Å². The second-order valence-electron chi connectivity index (χ2n) is 6.06. The first-order valence-electron chi connectivity index (χ1n) is 8.94. The molecule has 0 saturated carbocycles. The zero-order valence-corrected chi connectivity index (χ0v) is 15.7. The lowest BCUT2D eigenvalue weighted by Gasteiger charge is -2.08. The van der Waals surface area contributed by atoms with Gasteiger partial charge in [0, 0.05) is 17.7 Å². The van der Waals surface area contributed by atoms with Crippen LogP contribution in [0.1, 0.15) is 29.4 Å². The molecule has 0 spiro atoms. The minimum Gasteiger partial charge on any atom is -0.493 e. The SMILES string of the molecule is CCCOc1ccccc1-c1cc(C(=O)N/N=C\c2ccc([N+](=O)[O-])cc2)[nH]n1. The lowest BCUT2D eigenvalue weighted by atomic mass is 10.1. The van der Waals surface area contributed by atoms with Crippen molar-refractivity contribution in [3.63, 3.8) is 0 Å². The Kier molecular flexibility index (Phi) is 6.31. The molecule has 29 heavy (non-hydrogen) atoms. The molecular formula is C20H19N5O4. The summed E-state index contributed by atoms with van der Waals surface area (Å²) in [5, 5.41) is 21.4. The summed E-state index contributed by atoms with van der Waals surface area (Å²) in [6.45, 7) is 2.61. The molecule has 0 fully saturated rings. The molecule has 1 aromatic heterocycles. The number of nitrogens with one attached hydrogen (secondary N) is 2. The zero-order valence-electron chi connectivity index (χ0n) is 15.7. The number of nitro benzene ring substituents is 1. The first-order valence-corrected chi connectivity index (χ1v) is 8.94. The summed E-state index contributed by atoms with van der Waals surface area (Å²) in [7, 11) is 0. The van der Waals surface area contributed by atoms with Gasteiger partial charge in [0.1, 0.15) is 11.4 Å². The Bertz CT molecular complexity index is 1030. The molecule has 2 N–H and O–H groups in total. The van der Waals surface area contributed by atoms with E-state index >= 15 is 0 Å². The molecule has 0 aliphatic carbocycles. The fourth-order valence-electron chi connectivity index (χ4n) is 2.50. The predicted molar refractivity (Wildman–Crippen MR) is 108 cm³/mol. The van der Waals surface area contributed by atoms with Crippen LogP contribution in [0, 0.1) is 10.1 Å². The largest absolute Gasteiger partial charge is 0.493 e. The van der Waals surface area contributed by atoms with E-state index in [1.165, 1.54) is 30.5 Å². The standard InChI is InChI=1S/C20H19N5O4/c1-2-11-29-19-6-4-3-5-16(19)17-12-18(23-22-17)20(26)24-21-13-14-7-9-15(10-8-14)25(27)28/h3-10,12-13H,2,11H2,1H3,(H,22,23)(H,24,26)/b21-13-. The molecule has 0 bridgehead atoms. The maximum atomic E-state index is 12.3. The number of non-ortho nitro benzene ring substituents is 1. The van der Waals surface area contributed by atoms with Crippen molar-refractivity contribution in [2.45, 2.75) is 13.3 Å². The molecule has 1 amide bonds. The van der Waals surface area contributed by atoms with Crippen LogP contribution < -0.4 is 10.2 Å². The smallest absolute Gasteiger partial charge is 0.289 e. The van der Waals surface area contributed by atoms with Crippen LogP contribution in [-0.4, -0.2) is 33.8 Å². The van der Waals surface area contributed by atoms with Crippen molar-refractivity contribution in [2.24, 2.45) is 5.10 Å². The van der Waals surface area contributed by atoms with Crippen LogP contribution in [0.2, 0.25) is 0 Å². The zero-order chi connectivity index (χ0) is 20.6. The molecule has 9 nitrogen and oxygen atoms in total. The van der Waals surface area contributed by atoms with E-state index in [1.54, 1.807) is 6.07 Å². The van der Waals surface area contributed by atoms with Crippen molar-refractivity contribution in [3.05, 3.63) is 76.0 Å². The first kappa shape index (κ1) is 19.7. The Labute approximate surface area is 166 Å². The number of hydrogen-bond donors (Lipinski definition) is 2. The van der Waals surface area contributed by atoms with Crippen LogP contribution in [0.4, 0.5) is 5.69 Å². The summed E-state index contributed by atoms with van der Waals surface area (Å²) >= 11 is 0. The molecule has 148 valence electrons. The number of hydrazone groups is 1. The van der Waals surface area contributed by atoms with Gasteiger partial charge in [0.25, 0.3) is 11.6 Å². The highest BCUT2D eigenvalue weighted by atomic mass is 16.6. The number of H-pyrrole nitrogens is 1. The van der Waals surface area contributed by atoms with Crippen LogP contribution in [0.5, 0.6) is 5.75 Å². The van der Waals surface area contributed by atoms with E-state index in [2.05, 4.69) is 20.7 Å². The Morgan fingerprint density at radius 3 is 2.76 bits per heavy atom. The number of amides is 1. The van der Waals surface area contributed by atoms with Gasteiger partial charge in [0.15, 0.2) is 0 Å². The molecule has 1 heterocycles. The van der Waals surface area contributed by atoms with Gasteiger partial charge >= 0.3 is 0 Å². The summed E-state index contributed by atoms with van der Waals surface area (Å²) in [6.07, 6.45) is 2.28. The van der Waals surface area contributed by atoms with Crippen molar-refractivity contribution in [3.8, 4) is 17.0 Å². The summed E-state index contributed by atoms with van der Waals surface area (Å²) in [5.74, 6) is 0.234. The predicted octanol–water partition coefficient (Wildman–Crippen LogP) is 3.54. The molecule has 3 aromatic rings. The molecule has 3 rings (SSSR count). The van der Waals surface area contributed by atoms with Crippen molar-refractivity contribution >= 4 is 17.8 Å². The van der Waals surface area contributed by atoms with Gasteiger partial charge < -0.3 is 4.74 Å². The van der Waals surface area contributed by atoms with Gasteiger partial charge in [-0.2, -0.15) is 10.2 Å². The number of aromatic nitrogens is 2. The highest BCUT2D eigenvalue weighted by molar-refractivity contribution is 5.94. The monoisotopic (exact) mass is 393 g/mol. The van der Waals surface area contributed by atoms with Gasteiger partial charge in [0.05, 0.1) is 23.4 Å². The van der Waals surface area contributed by atoms with E-state index < -0.39 is 10.8 Å². The molecule has 0 aliphatic heterocycles. The third-order valence-electron chi connectivity index (χ3n) is 3.93. The molecule has 0 radical (unpaired) electrons. The fraction of sp³-hybridized carbons (Fsp3) is 0.150. The fourth-order valence-corrected chi connectivity index (χ4v) is 2.50. The number of carbonyl (C=O) groups is 1. The Balaban J connectivity index is 1.66. The minimum atomic E-state index is -0.482. The Morgan fingerprint density at radius 2 is 2.03 bits per heavy atom. The second-order valence-corrected chi connectivity index (χ2v) is 6.06. The third-order valence-corrected chi connectivity index (χ3v) is 3.93. The van der Waals surface area contributed by atoms with Gasteiger partial charge in [-0.25, -0.2) is 5.43 Å². The van der Waals surface area contributed by atoms with Crippen molar-refractivity contribution < 1.29 is 14.5 Å². The van der Waals surface area contributed by atoms with Crippen molar-refractivity contribution in [1.29, 1.82) is 0 Å². The van der Waals surface area contributed by atoms with E-state index in [1.807, 2.05) is 31.2 Å². The van der Waals surface area contributed by atoms with E-state index in [0.717, 1.165) is 12.0 Å². The highest BCUT2D eigenvalue weighted by Crippen LogP contribution is 2.28. The van der Waals surface area contributed by atoms with Crippen LogP contribution in [0.25, 0.3) is 11.3 Å². The number of rotatable bonds is 8. The highest BCUT2D eigenvalue weighted by Gasteiger charge is 2.13. The van der Waals surface area contributed by atoms with Gasteiger partial charge in [0.2, 0.25) is 0 Å². The van der Waals surface area contributed by atoms with E-state index in [-0.39, 0.29) is 11.4 Å². The summed E-state index contributed by atoms with van der Waals surface area (Å²) in [5.41, 5.74) is 4.60. The molecule has 2 aromatic carbocycles. The maximum Gasteiger partial charge on any atom is 0.289 e. The number of benzene rings is 2. The van der Waals surface area contributed by atoms with Crippen LogP contribution in [0.3, 0.4) is 0 Å². The summed E-state index contributed by atoms with van der Waals surface area (Å²) in [6, 6.07) is 14.9. The quantitative estimate of drug-likeness (QED) is 0.344. The van der Waals surface area contributed by atoms with E-state index in [0.29, 0.717) is 23.6 Å². The van der Waals surface area contributed by atoms with Crippen LogP contribution >= 0.6 is 0 Å². The average Bonchev–Trinajstić information content (AvgIpc) is 3.23. The maximum absolute atomic E-state index is 12.3. The molecule has 9 heteroatoms. The Morgan fingerprint density at radius 1 is 1.28 bits per heavy atom. The molecule has 0 atom stereocenters. The number of ether oxygens (including phenoxy) is 1. The first-order chi connectivity index (χ1) is 14.1. The van der Waals surface area contributed by atoms with Crippen LogP contribution in [0.15, 0.2) is 59.7 Å². The summed E-state index contributed by atoms with van der Waals surface area (Å²) in [4.78, 5) is 22.4. The lowest BCUT2D eigenvalue weighted by molar-refractivity contribution is -0.384. The minimum absolute atomic E-state index is 0.0145. The number of para-hydroxylation sites is 1. The third kappa shape index (κ3) is 5.04. The van der Waals surface area contributed by atoms with Gasteiger partial charge in [-0.05, 0) is 42.3 Å². The topological polar surface area (TPSA) is 123 Å². The van der Waals surface area contributed by atoms with E-state index in [4.69, 9.17) is 4.74 Å². The molecule has 0 unspecified atom stereocenters. The molecule has 0 aliphatic rings. The van der Waals surface area contributed by atoms with Gasteiger partial charge in [-0.15, -0.1) is 0 Å². The number of hydrogen-bond acceptors (Lipinski definition) is 6. The normalized spacial score (nSPS) is 10.8. The number of carbonyl (C=O) groups excluding carboxylic acids is 1. The van der Waals surface area contributed by atoms with Crippen molar-refractivity contribution in [1.82, 2.24) is 15.6 Å². The van der Waals surface area contributed by atoms with Gasteiger partial charge in [-0.3, -0.25) is 20.0 Å². The van der Waals surface area contributed by atoms with Crippen LogP contribution in [-0.2, 0) is 0 Å². The van der Waals surface area contributed by atoms with Crippen molar-refractivity contribution in [2.75, 3.05) is 6.61 Å². The molecular weight excluding hydrogens is 374 g/mol. The molecule has 0 saturated heterocycles. The Hall–Kier alpha value is -4.01. The average molecular weight is 393 g/mol. The van der Waals surface area contributed by atoms with Gasteiger partial charge in [-0.1, -0.05) is 19.1 Å². The number of aromatic amines is 1. The lowest BCUT2D eigenvalue weighted by Crippen LogP contribution is -2.18. The number of nitro groups is 1.